The van der Waals surface area contributed by atoms with Gasteiger partial charge in [-0.2, -0.15) is 8.75 Å². The number of halogens is 1. The Morgan fingerprint density at radius 1 is 1.47 bits per heavy atom. The molecule has 0 amide bonds. The zero-order valence-electron chi connectivity index (χ0n) is 8.01. The van der Waals surface area contributed by atoms with Gasteiger partial charge >= 0.3 is 0 Å². The van der Waals surface area contributed by atoms with Gasteiger partial charge in [0.25, 0.3) is 0 Å². The van der Waals surface area contributed by atoms with Crippen molar-refractivity contribution in [3.63, 3.8) is 0 Å². The van der Waals surface area contributed by atoms with Crippen LogP contribution < -0.4 is 5.32 Å². The monoisotopic (exact) mass is 224 g/mol. The summed E-state index contributed by atoms with van der Waals surface area (Å²) in [5.74, 6) is -0.343. The van der Waals surface area contributed by atoms with E-state index in [0.717, 1.165) is 11.7 Å². The molecule has 0 fully saturated rings. The first-order valence-electron chi connectivity index (χ1n) is 4.37. The predicted molar refractivity (Wildman–Crippen MR) is 55.0 cm³/mol. The third-order valence-corrected chi connectivity index (χ3v) is 2.57. The van der Waals surface area contributed by atoms with E-state index < -0.39 is 0 Å². The molecular formula is C9H9FN4S. The summed E-state index contributed by atoms with van der Waals surface area (Å²) in [4.78, 5) is 3.71. The highest BCUT2D eigenvalue weighted by Crippen LogP contribution is 2.21. The summed E-state index contributed by atoms with van der Waals surface area (Å²) >= 11 is 1.11. The second-order valence-corrected chi connectivity index (χ2v) is 3.51. The molecule has 0 radical (unpaired) electrons. The van der Waals surface area contributed by atoms with E-state index in [1.807, 2.05) is 0 Å². The molecule has 0 spiro atoms. The van der Waals surface area contributed by atoms with Crippen molar-refractivity contribution in [2.45, 2.75) is 6.04 Å². The summed E-state index contributed by atoms with van der Waals surface area (Å²) < 4.78 is 21.5. The Morgan fingerprint density at radius 2 is 2.33 bits per heavy atom. The van der Waals surface area contributed by atoms with Gasteiger partial charge in [-0.05, 0) is 13.1 Å². The lowest BCUT2D eigenvalue weighted by Crippen LogP contribution is -2.19. The van der Waals surface area contributed by atoms with Crippen molar-refractivity contribution in [2.24, 2.45) is 0 Å². The largest absolute Gasteiger partial charge is 0.308 e. The van der Waals surface area contributed by atoms with Gasteiger partial charge in [0.05, 0.1) is 35.9 Å². The highest BCUT2D eigenvalue weighted by atomic mass is 32.1. The van der Waals surface area contributed by atoms with Gasteiger partial charge in [0.2, 0.25) is 0 Å². The molecule has 0 aliphatic carbocycles. The summed E-state index contributed by atoms with van der Waals surface area (Å²) in [5, 5.41) is 3.00. The lowest BCUT2D eigenvalue weighted by atomic mass is 10.1. The van der Waals surface area contributed by atoms with Gasteiger partial charge in [-0.15, -0.1) is 0 Å². The van der Waals surface area contributed by atoms with Crippen LogP contribution in [0.5, 0.6) is 0 Å². The third kappa shape index (κ3) is 2.00. The second-order valence-electron chi connectivity index (χ2n) is 2.95. The number of nitrogens with one attached hydrogen (secondary N) is 1. The summed E-state index contributed by atoms with van der Waals surface area (Å²) in [6.07, 6.45) is 4.38. The van der Waals surface area contributed by atoms with Crippen LogP contribution in [0.2, 0.25) is 0 Å². The highest BCUT2D eigenvalue weighted by Gasteiger charge is 2.17. The predicted octanol–water partition coefficient (Wildman–Crippen LogP) is 1.38. The first-order valence-corrected chi connectivity index (χ1v) is 5.10. The molecule has 0 bridgehead atoms. The maximum absolute atomic E-state index is 13.5. The van der Waals surface area contributed by atoms with Crippen LogP contribution in [0.1, 0.15) is 17.3 Å². The lowest BCUT2D eigenvalue weighted by Gasteiger charge is -2.13. The molecule has 2 rings (SSSR count). The van der Waals surface area contributed by atoms with E-state index in [4.69, 9.17) is 0 Å². The van der Waals surface area contributed by atoms with Gasteiger partial charge in [-0.3, -0.25) is 4.98 Å². The van der Waals surface area contributed by atoms with Crippen LogP contribution in [0, 0.1) is 5.82 Å². The van der Waals surface area contributed by atoms with E-state index in [0.29, 0.717) is 11.3 Å². The number of pyridine rings is 1. The normalized spacial score (nSPS) is 12.7. The third-order valence-electron chi connectivity index (χ3n) is 2.08. The van der Waals surface area contributed by atoms with Crippen molar-refractivity contribution in [1.82, 2.24) is 19.0 Å². The average Bonchev–Trinajstić information content (AvgIpc) is 2.75. The molecule has 0 saturated heterocycles. The molecule has 1 unspecified atom stereocenters. The zero-order chi connectivity index (χ0) is 10.7. The molecule has 78 valence electrons. The summed E-state index contributed by atoms with van der Waals surface area (Å²) in [7, 11) is 1.75. The molecular weight excluding hydrogens is 215 g/mol. The quantitative estimate of drug-likeness (QED) is 0.855. The van der Waals surface area contributed by atoms with Crippen molar-refractivity contribution in [3.05, 3.63) is 41.7 Å². The maximum Gasteiger partial charge on any atom is 0.146 e. The molecule has 0 aliphatic heterocycles. The smallest absolute Gasteiger partial charge is 0.146 e. The average molecular weight is 224 g/mol. The van der Waals surface area contributed by atoms with E-state index in [1.54, 1.807) is 25.5 Å². The molecule has 2 aromatic rings. The number of hydrogen-bond acceptors (Lipinski definition) is 5. The van der Waals surface area contributed by atoms with Crippen molar-refractivity contribution in [2.75, 3.05) is 7.05 Å². The molecule has 0 aliphatic rings. The van der Waals surface area contributed by atoms with Crippen LogP contribution in [-0.4, -0.2) is 20.8 Å². The fraction of sp³-hybridized carbons (Fsp3) is 0.222. The van der Waals surface area contributed by atoms with Crippen LogP contribution in [0.15, 0.2) is 24.7 Å². The summed E-state index contributed by atoms with van der Waals surface area (Å²) in [5.41, 5.74) is 1.24. The molecule has 15 heavy (non-hydrogen) atoms. The minimum Gasteiger partial charge on any atom is -0.308 e. The number of aromatic nitrogens is 3. The molecule has 0 saturated carbocycles. The number of rotatable bonds is 3. The Hall–Kier alpha value is -1.40. The highest BCUT2D eigenvalue weighted by molar-refractivity contribution is 6.99. The maximum atomic E-state index is 13.5. The van der Waals surface area contributed by atoms with Gasteiger partial charge in [0.15, 0.2) is 0 Å². The Labute approximate surface area is 90.5 Å². The van der Waals surface area contributed by atoms with E-state index >= 15 is 0 Å². The number of hydrogen-bond donors (Lipinski definition) is 1. The van der Waals surface area contributed by atoms with E-state index in [2.05, 4.69) is 19.0 Å². The SMILES string of the molecule is CNC(c1cnsn1)c1ccncc1F. The van der Waals surface area contributed by atoms with Gasteiger partial charge in [0.1, 0.15) is 5.82 Å². The minimum absolute atomic E-state index is 0.272. The van der Waals surface area contributed by atoms with Gasteiger partial charge in [0, 0.05) is 11.8 Å². The topological polar surface area (TPSA) is 50.7 Å². The van der Waals surface area contributed by atoms with Crippen LogP contribution >= 0.6 is 11.7 Å². The van der Waals surface area contributed by atoms with Crippen LogP contribution in [0.25, 0.3) is 0 Å². The Kier molecular flexibility index (Phi) is 2.98. The zero-order valence-corrected chi connectivity index (χ0v) is 8.83. The van der Waals surface area contributed by atoms with Crippen LogP contribution in [0.3, 0.4) is 0 Å². The van der Waals surface area contributed by atoms with Crippen LogP contribution in [0.4, 0.5) is 4.39 Å². The van der Waals surface area contributed by atoms with Crippen molar-refractivity contribution >= 4 is 11.7 Å². The molecule has 4 nitrogen and oxygen atoms in total. The minimum atomic E-state index is -0.343. The van der Waals surface area contributed by atoms with Crippen molar-refractivity contribution in [3.8, 4) is 0 Å². The van der Waals surface area contributed by atoms with Crippen molar-refractivity contribution < 1.29 is 4.39 Å². The standard InChI is InChI=1S/C9H9FN4S/c1-11-9(8-5-13-15-14-8)6-2-3-12-4-7(6)10/h2-5,9,11H,1H3. The first-order chi connectivity index (χ1) is 7.33. The van der Waals surface area contributed by atoms with Crippen molar-refractivity contribution in [1.29, 1.82) is 0 Å². The van der Waals surface area contributed by atoms with E-state index in [9.17, 15) is 4.39 Å². The van der Waals surface area contributed by atoms with Gasteiger partial charge in [-0.25, -0.2) is 4.39 Å². The first kappa shape index (κ1) is 10.1. The van der Waals surface area contributed by atoms with E-state index in [1.165, 1.54) is 6.20 Å². The molecule has 6 heteroatoms. The summed E-state index contributed by atoms with van der Waals surface area (Å²) in [6.45, 7) is 0. The molecule has 2 heterocycles. The fourth-order valence-corrected chi connectivity index (χ4v) is 1.83. The molecule has 2 aromatic heterocycles. The second kappa shape index (κ2) is 4.41. The molecule has 1 N–H and O–H groups in total. The molecule has 0 aromatic carbocycles. The number of nitrogens with zero attached hydrogens (tertiary/aromatic N) is 3. The summed E-state index contributed by atoms with van der Waals surface area (Å²) in [6, 6.07) is 1.36. The lowest BCUT2D eigenvalue weighted by molar-refractivity contribution is 0.567. The van der Waals surface area contributed by atoms with E-state index in [-0.39, 0.29) is 11.9 Å². The van der Waals surface area contributed by atoms with Crippen LogP contribution in [-0.2, 0) is 0 Å². The van der Waals surface area contributed by atoms with Gasteiger partial charge < -0.3 is 5.32 Å². The fourth-order valence-electron chi connectivity index (χ4n) is 1.38. The Balaban J connectivity index is 2.40. The van der Waals surface area contributed by atoms with Gasteiger partial charge in [-0.1, -0.05) is 0 Å². The Bertz CT molecular complexity index is 431. The Morgan fingerprint density at radius 3 is 2.93 bits per heavy atom. The molecule has 1 atom stereocenters.